The highest BCUT2D eigenvalue weighted by Crippen LogP contribution is 2.20. The molecular weight excluding hydrogens is 202 g/mol. The molecule has 0 saturated carbocycles. The fourth-order valence-electron chi connectivity index (χ4n) is 1.36. The van der Waals surface area contributed by atoms with Gasteiger partial charge in [-0.05, 0) is 52.3 Å². The maximum Gasteiger partial charge on any atom is 0.313 e. The summed E-state index contributed by atoms with van der Waals surface area (Å²) in [5.74, 6) is -0.445. The first kappa shape index (κ1) is 12.7. The Morgan fingerprint density at radius 3 is 2.56 bits per heavy atom. The number of nitrogens with zero attached hydrogens (tertiary/aromatic N) is 1. The van der Waals surface area contributed by atoms with E-state index >= 15 is 0 Å². The second-order valence-corrected chi connectivity index (χ2v) is 4.99. The van der Waals surface area contributed by atoms with Gasteiger partial charge in [-0.25, -0.2) is 0 Å². The number of rotatable bonds is 2. The van der Waals surface area contributed by atoms with Gasteiger partial charge in [0.05, 0.1) is 5.92 Å². The van der Waals surface area contributed by atoms with Gasteiger partial charge in [-0.3, -0.25) is 9.78 Å². The van der Waals surface area contributed by atoms with Crippen molar-refractivity contribution in [1.29, 1.82) is 0 Å². The van der Waals surface area contributed by atoms with Crippen LogP contribution in [0, 0.1) is 6.92 Å². The standard InChI is InChI=1S/C13H19NO2/c1-9-8-11(6-7-14-9)10(2)12(15)16-13(3,4)5/h6-8,10H,1-5H3. The lowest BCUT2D eigenvalue weighted by atomic mass is 10.0. The third kappa shape index (κ3) is 3.65. The Bertz CT molecular complexity index is 380. The van der Waals surface area contributed by atoms with Gasteiger partial charge in [0.1, 0.15) is 5.60 Å². The Hall–Kier alpha value is -1.38. The second kappa shape index (κ2) is 4.64. The number of carbonyl (C=O) groups excluding carboxylic acids is 1. The molecule has 1 atom stereocenters. The number of carbonyl (C=O) groups is 1. The smallest absolute Gasteiger partial charge is 0.313 e. The largest absolute Gasteiger partial charge is 0.460 e. The molecule has 1 heterocycles. The average molecular weight is 221 g/mol. The maximum atomic E-state index is 11.8. The first-order valence-electron chi connectivity index (χ1n) is 5.45. The third-order valence-corrected chi connectivity index (χ3v) is 2.18. The minimum atomic E-state index is -0.437. The highest BCUT2D eigenvalue weighted by atomic mass is 16.6. The second-order valence-electron chi connectivity index (χ2n) is 4.99. The molecule has 16 heavy (non-hydrogen) atoms. The van der Waals surface area contributed by atoms with Crippen LogP contribution in [-0.4, -0.2) is 16.6 Å². The van der Waals surface area contributed by atoms with Gasteiger partial charge in [0.25, 0.3) is 0 Å². The van der Waals surface area contributed by atoms with Crippen molar-refractivity contribution in [2.45, 2.75) is 46.1 Å². The zero-order valence-corrected chi connectivity index (χ0v) is 10.6. The quantitative estimate of drug-likeness (QED) is 0.721. The molecule has 0 N–H and O–H groups in total. The van der Waals surface area contributed by atoms with Crippen LogP contribution in [0.5, 0.6) is 0 Å². The van der Waals surface area contributed by atoms with Crippen molar-refractivity contribution in [3.63, 3.8) is 0 Å². The summed E-state index contributed by atoms with van der Waals surface area (Å²) in [6.45, 7) is 9.37. The van der Waals surface area contributed by atoms with Crippen LogP contribution in [0.3, 0.4) is 0 Å². The van der Waals surface area contributed by atoms with E-state index < -0.39 is 5.60 Å². The lowest BCUT2D eigenvalue weighted by molar-refractivity contribution is -0.156. The molecule has 1 aromatic rings. The van der Waals surface area contributed by atoms with Gasteiger partial charge < -0.3 is 4.74 Å². The number of aromatic nitrogens is 1. The van der Waals surface area contributed by atoms with Crippen molar-refractivity contribution < 1.29 is 9.53 Å². The van der Waals surface area contributed by atoms with Crippen molar-refractivity contribution in [3.8, 4) is 0 Å². The Morgan fingerprint density at radius 2 is 2.06 bits per heavy atom. The fourth-order valence-corrected chi connectivity index (χ4v) is 1.36. The summed E-state index contributed by atoms with van der Waals surface area (Å²) in [5.41, 5.74) is 1.42. The van der Waals surface area contributed by atoms with E-state index in [0.29, 0.717) is 0 Å². The van der Waals surface area contributed by atoms with Gasteiger partial charge in [0.15, 0.2) is 0 Å². The van der Waals surface area contributed by atoms with Crippen LogP contribution in [0.4, 0.5) is 0 Å². The molecular formula is C13H19NO2. The first-order chi connectivity index (χ1) is 7.29. The van der Waals surface area contributed by atoms with Gasteiger partial charge >= 0.3 is 5.97 Å². The van der Waals surface area contributed by atoms with Crippen molar-refractivity contribution >= 4 is 5.97 Å². The third-order valence-electron chi connectivity index (χ3n) is 2.18. The van der Waals surface area contributed by atoms with E-state index in [9.17, 15) is 4.79 Å². The van der Waals surface area contributed by atoms with Crippen LogP contribution in [0.15, 0.2) is 18.3 Å². The normalized spacial score (nSPS) is 13.3. The van der Waals surface area contributed by atoms with Gasteiger partial charge in [0.2, 0.25) is 0 Å². The van der Waals surface area contributed by atoms with Crippen LogP contribution >= 0.6 is 0 Å². The topological polar surface area (TPSA) is 39.2 Å². The molecule has 0 fully saturated rings. The molecule has 1 unspecified atom stereocenters. The summed E-state index contributed by atoms with van der Waals surface area (Å²) in [4.78, 5) is 15.9. The summed E-state index contributed by atoms with van der Waals surface area (Å²) in [7, 11) is 0. The first-order valence-corrected chi connectivity index (χ1v) is 5.45. The van der Waals surface area contributed by atoms with E-state index in [1.807, 2.05) is 46.8 Å². The molecule has 3 heteroatoms. The maximum absolute atomic E-state index is 11.8. The molecule has 1 rings (SSSR count). The minimum Gasteiger partial charge on any atom is -0.460 e. The summed E-state index contributed by atoms with van der Waals surface area (Å²) in [6, 6.07) is 3.76. The van der Waals surface area contributed by atoms with Crippen LogP contribution < -0.4 is 0 Å². The Balaban J connectivity index is 2.78. The predicted octanol–water partition coefficient (Wildman–Crippen LogP) is 2.84. The minimum absolute atomic E-state index is 0.196. The van der Waals surface area contributed by atoms with Crippen LogP contribution in [0.2, 0.25) is 0 Å². The molecule has 0 bridgehead atoms. The van der Waals surface area contributed by atoms with Gasteiger partial charge in [0, 0.05) is 11.9 Å². The number of hydrogen-bond donors (Lipinski definition) is 0. The number of pyridine rings is 1. The van der Waals surface area contributed by atoms with Gasteiger partial charge in [-0.15, -0.1) is 0 Å². The van der Waals surface area contributed by atoms with E-state index in [0.717, 1.165) is 11.3 Å². The predicted molar refractivity (Wildman–Crippen MR) is 63.2 cm³/mol. The van der Waals surface area contributed by atoms with E-state index in [4.69, 9.17) is 4.74 Å². The van der Waals surface area contributed by atoms with Crippen LogP contribution in [0.1, 0.15) is 44.9 Å². The summed E-state index contributed by atoms with van der Waals surface area (Å²) in [6.07, 6.45) is 1.71. The van der Waals surface area contributed by atoms with E-state index in [2.05, 4.69) is 4.98 Å². The molecule has 1 aromatic heterocycles. The molecule has 0 aliphatic rings. The molecule has 0 amide bonds. The zero-order valence-electron chi connectivity index (χ0n) is 10.6. The van der Waals surface area contributed by atoms with E-state index in [1.54, 1.807) is 6.20 Å². The molecule has 0 aliphatic carbocycles. The van der Waals surface area contributed by atoms with E-state index in [1.165, 1.54) is 0 Å². The number of aryl methyl sites for hydroxylation is 1. The van der Waals surface area contributed by atoms with Crippen LogP contribution in [-0.2, 0) is 9.53 Å². The Morgan fingerprint density at radius 1 is 1.44 bits per heavy atom. The SMILES string of the molecule is Cc1cc(C(C)C(=O)OC(C)(C)C)ccn1. The molecule has 3 nitrogen and oxygen atoms in total. The highest BCUT2D eigenvalue weighted by Gasteiger charge is 2.22. The lowest BCUT2D eigenvalue weighted by Crippen LogP contribution is -2.26. The Labute approximate surface area is 96.8 Å². The number of ether oxygens (including phenoxy) is 1. The molecule has 0 radical (unpaired) electrons. The van der Waals surface area contributed by atoms with Crippen molar-refractivity contribution in [2.75, 3.05) is 0 Å². The molecule has 0 saturated heterocycles. The van der Waals surface area contributed by atoms with Crippen molar-refractivity contribution in [2.24, 2.45) is 0 Å². The molecule has 0 spiro atoms. The number of hydrogen-bond acceptors (Lipinski definition) is 3. The van der Waals surface area contributed by atoms with Crippen LogP contribution in [0.25, 0.3) is 0 Å². The van der Waals surface area contributed by atoms with Gasteiger partial charge in [-0.1, -0.05) is 0 Å². The molecule has 88 valence electrons. The lowest BCUT2D eigenvalue weighted by Gasteiger charge is -2.22. The van der Waals surface area contributed by atoms with Crippen molar-refractivity contribution in [1.82, 2.24) is 4.98 Å². The Kier molecular flexibility index (Phi) is 3.68. The summed E-state index contributed by atoms with van der Waals surface area (Å²) < 4.78 is 5.33. The summed E-state index contributed by atoms with van der Waals surface area (Å²) in [5, 5.41) is 0. The molecule has 0 aromatic carbocycles. The molecule has 0 aliphatic heterocycles. The van der Waals surface area contributed by atoms with Gasteiger partial charge in [-0.2, -0.15) is 0 Å². The fraction of sp³-hybridized carbons (Fsp3) is 0.538. The highest BCUT2D eigenvalue weighted by molar-refractivity contribution is 5.78. The number of esters is 1. The van der Waals surface area contributed by atoms with E-state index in [-0.39, 0.29) is 11.9 Å². The monoisotopic (exact) mass is 221 g/mol. The average Bonchev–Trinajstić information content (AvgIpc) is 2.14. The summed E-state index contributed by atoms with van der Waals surface area (Å²) >= 11 is 0. The van der Waals surface area contributed by atoms with Crippen molar-refractivity contribution in [3.05, 3.63) is 29.6 Å². The zero-order chi connectivity index (χ0) is 12.3.